The van der Waals surface area contributed by atoms with E-state index < -0.39 is 0 Å². The van der Waals surface area contributed by atoms with E-state index in [9.17, 15) is 0 Å². The summed E-state index contributed by atoms with van der Waals surface area (Å²) < 4.78 is 0. The molecule has 0 heterocycles. The third kappa shape index (κ3) is 2.97. The van der Waals surface area contributed by atoms with Crippen molar-refractivity contribution in [1.82, 2.24) is 4.90 Å². The maximum absolute atomic E-state index is 5.88. The second-order valence-corrected chi connectivity index (χ2v) is 5.90. The van der Waals surface area contributed by atoms with E-state index in [1.54, 1.807) is 0 Å². The molecule has 0 fully saturated rings. The van der Waals surface area contributed by atoms with E-state index in [2.05, 4.69) is 67.4 Å². The minimum absolute atomic E-state index is 0.340. The summed E-state index contributed by atoms with van der Waals surface area (Å²) in [7, 11) is 2.16. The second kappa shape index (κ2) is 6.20. The van der Waals surface area contributed by atoms with Crippen molar-refractivity contribution in [2.24, 2.45) is 0 Å². The Bertz CT molecular complexity index is 774. The maximum Gasteiger partial charge on any atom is 0.0326 e. The lowest BCUT2D eigenvalue weighted by Crippen LogP contribution is -2.22. The van der Waals surface area contributed by atoms with Gasteiger partial charge in [0, 0.05) is 18.3 Å². The molecule has 0 saturated carbocycles. The number of hydrogen-bond acceptors (Lipinski definition) is 2. The summed E-state index contributed by atoms with van der Waals surface area (Å²) in [5.74, 6) is 0. The van der Waals surface area contributed by atoms with Crippen molar-refractivity contribution in [1.29, 1.82) is 0 Å². The van der Waals surface area contributed by atoms with Crippen LogP contribution in [0.2, 0.25) is 0 Å². The number of anilines is 1. The van der Waals surface area contributed by atoms with Crippen LogP contribution in [0.1, 0.15) is 24.1 Å². The molecule has 1 atom stereocenters. The summed E-state index contributed by atoms with van der Waals surface area (Å²) >= 11 is 0. The van der Waals surface area contributed by atoms with E-state index in [4.69, 9.17) is 5.73 Å². The fourth-order valence-electron chi connectivity index (χ4n) is 2.97. The van der Waals surface area contributed by atoms with Crippen molar-refractivity contribution < 1.29 is 0 Å². The van der Waals surface area contributed by atoms with E-state index >= 15 is 0 Å². The second-order valence-electron chi connectivity index (χ2n) is 5.90. The van der Waals surface area contributed by atoms with Crippen molar-refractivity contribution in [3.8, 4) is 0 Å². The van der Waals surface area contributed by atoms with Crippen LogP contribution in [-0.4, -0.2) is 11.9 Å². The van der Waals surface area contributed by atoms with Gasteiger partial charge in [0.25, 0.3) is 0 Å². The first-order valence-corrected chi connectivity index (χ1v) is 7.67. The summed E-state index contributed by atoms with van der Waals surface area (Å²) in [5.41, 5.74) is 9.31. The average molecular weight is 290 g/mol. The zero-order chi connectivity index (χ0) is 15.5. The lowest BCUT2D eigenvalue weighted by atomic mass is 9.98. The molecule has 0 aliphatic heterocycles. The Morgan fingerprint density at radius 1 is 0.955 bits per heavy atom. The molecule has 0 aliphatic carbocycles. The molecular formula is C20H22N2. The Hall–Kier alpha value is -2.32. The molecule has 0 radical (unpaired) electrons. The third-order valence-corrected chi connectivity index (χ3v) is 4.32. The molecule has 0 unspecified atom stereocenters. The molecule has 0 bridgehead atoms. The summed E-state index contributed by atoms with van der Waals surface area (Å²) in [4.78, 5) is 2.36. The van der Waals surface area contributed by atoms with Crippen LogP contribution in [0.4, 0.5) is 5.69 Å². The minimum Gasteiger partial charge on any atom is -0.399 e. The van der Waals surface area contributed by atoms with Gasteiger partial charge in [0.2, 0.25) is 0 Å². The van der Waals surface area contributed by atoms with E-state index in [0.717, 1.165) is 12.2 Å². The Morgan fingerprint density at radius 2 is 1.68 bits per heavy atom. The molecule has 22 heavy (non-hydrogen) atoms. The number of nitrogens with two attached hydrogens (primary N) is 1. The van der Waals surface area contributed by atoms with E-state index in [1.165, 1.54) is 21.9 Å². The van der Waals surface area contributed by atoms with Crippen LogP contribution in [0, 0.1) is 0 Å². The molecule has 2 nitrogen and oxygen atoms in total. The molecule has 0 aliphatic rings. The smallest absolute Gasteiger partial charge is 0.0326 e. The lowest BCUT2D eigenvalue weighted by molar-refractivity contribution is 0.254. The minimum atomic E-state index is 0.340. The Morgan fingerprint density at radius 3 is 2.50 bits per heavy atom. The van der Waals surface area contributed by atoms with Gasteiger partial charge >= 0.3 is 0 Å². The fraction of sp³-hybridized carbons (Fsp3) is 0.200. The molecule has 0 aromatic heterocycles. The molecule has 3 aromatic carbocycles. The van der Waals surface area contributed by atoms with E-state index in [0.29, 0.717) is 6.04 Å². The van der Waals surface area contributed by atoms with Crippen LogP contribution >= 0.6 is 0 Å². The fourth-order valence-corrected chi connectivity index (χ4v) is 2.97. The molecule has 112 valence electrons. The molecule has 3 rings (SSSR count). The number of rotatable bonds is 4. The highest BCUT2D eigenvalue weighted by Crippen LogP contribution is 2.28. The predicted molar refractivity (Wildman–Crippen MR) is 94.7 cm³/mol. The molecule has 2 N–H and O–H groups in total. The highest BCUT2D eigenvalue weighted by molar-refractivity contribution is 5.86. The Kier molecular flexibility index (Phi) is 4.12. The SMILES string of the molecule is C[C@H](c1cccc2ccccc12)N(C)Cc1cccc(N)c1. The quantitative estimate of drug-likeness (QED) is 0.711. The Labute approximate surface area is 132 Å². The molecule has 2 heteroatoms. The standard InChI is InChI=1S/C20H22N2/c1-15(22(2)14-16-7-5-10-18(21)13-16)19-12-6-9-17-8-3-4-11-20(17)19/h3-13,15H,14,21H2,1-2H3/t15-/m1/s1. The van der Waals surface area contributed by atoms with Gasteiger partial charge in [0.15, 0.2) is 0 Å². The monoisotopic (exact) mass is 290 g/mol. The summed E-state index contributed by atoms with van der Waals surface area (Å²) in [6.45, 7) is 3.14. The third-order valence-electron chi connectivity index (χ3n) is 4.32. The van der Waals surface area contributed by atoms with Gasteiger partial charge in [-0.1, -0.05) is 54.6 Å². The molecule has 0 saturated heterocycles. The van der Waals surface area contributed by atoms with Crippen LogP contribution in [0.15, 0.2) is 66.7 Å². The molecule has 3 aromatic rings. The summed E-state index contributed by atoms with van der Waals surface area (Å²) in [6, 6.07) is 23.6. The zero-order valence-electron chi connectivity index (χ0n) is 13.2. The first-order valence-electron chi connectivity index (χ1n) is 7.67. The molecule has 0 amide bonds. The van der Waals surface area contributed by atoms with E-state index in [1.807, 2.05) is 18.2 Å². The zero-order valence-corrected chi connectivity index (χ0v) is 13.2. The molecule has 0 spiro atoms. The van der Waals surface area contributed by atoms with Crippen LogP contribution in [0.5, 0.6) is 0 Å². The van der Waals surface area contributed by atoms with Crippen molar-refractivity contribution in [3.63, 3.8) is 0 Å². The summed E-state index contributed by atoms with van der Waals surface area (Å²) in [6.07, 6.45) is 0. The van der Waals surface area contributed by atoms with Crippen LogP contribution in [-0.2, 0) is 6.54 Å². The number of fused-ring (bicyclic) bond motifs is 1. The Balaban J connectivity index is 1.87. The highest BCUT2D eigenvalue weighted by Gasteiger charge is 2.14. The number of nitrogens with zero attached hydrogens (tertiary/aromatic N) is 1. The largest absolute Gasteiger partial charge is 0.399 e. The summed E-state index contributed by atoms with van der Waals surface area (Å²) in [5, 5.41) is 2.63. The van der Waals surface area contributed by atoms with Crippen molar-refractivity contribution >= 4 is 16.5 Å². The van der Waals surface area contributed by atoms with Gasteiger partial charge in [-0.3, -0.25) is 4.90 Å². The van der Waals surface area contributed by atoms with Crippen LogP contribution in [0.25, 0.3) is 10.8 Å². The van der Waals surface area contributed by atoms with Gasteiger partial charge in [-0.05, 0) is 48.0 Å². The molecular weight excluding hydrogens is 268 g/mol. The van der Waals surface area contributed by atoms with Gasteiger partial charge in [-0.2, -0.15) is 0 Å². The van der Waals surface area contributed by atoms with Crippen LogP contribution in [0.3, 0.4) is 0 Å². The number of hydrogen-bond donors (Lipinski definition) is 1. The van der Waals surface area contributed by atoms with Crippen LogP contribution < -0.4 is 5.73 Å². The topological polar surface area (TPSA) is 29.3 Å². The van der Waals surface area contributed by atoms with Gasteiger partial charge in [0.05, 0.1) is 0 Å². The maximum atomic E-state index is 5.88. The van der Waals surface area contributed by atoms with Gasteiger partial charge in [-0.25, -0.2) is 0 Å². The lowest BCUT2D eigenvalue weighted by Gasteiger charge is -2.26. The highest BCUT2D eigenvalue weighted by atomic mass is 15.1. The van der Waals surface area contributed by atoms with Gasteiger partial charge < -0.3 is 5.73 Å². The number of benzene rings is 3. The first-order chi connectivity index (χ1) is 10.6. The van der Waals surface area contributed by atoms with Gasteiger partial charge in [-0.15, -0.1) is 0 Å². The normalized spacial score (nSPS) is 12.7. The predicted octanol–water partition coefficient (Wildman–Crippen LogP) is 4.62. The van der Waals surface area contributed by atoms with Gasteiger partial charge in [0.1, 0.15) is 0 Å². The first kappa shape index (κ1) is 14.6. The van der Waals surface area contributed by atoms with Crippen molar-refractivity contribution in [2.75, 3.05) is 12.8 Å². The average Bonchev–Trinajstić information content (AvgIpc) is 2.53. The number of nitrogen functional groups attached to an aromatic ring is 1. The van der Waals surface area contributed by atoms with Crippen molar-refractivity contribution in [2.45, 2.75) is 19.5 Å². The van der Waals surface area contributed by atoms with E-state index in [-0.39, 0.29) is 0 Å². The van der Waals surface area contributed by atoms with Crippen molar-refractivity contribution in [3.05, 3.63) is 77.9 Å².